The van der Waals surface area contributed by atoms with Crippen LogP contribution in [0.1, 0.15) is 17.3 Å². The highest BCUT2D eigenvalue weighted by Crippen LogP contribution is 2.26. The van der Waals surface area contributed by atoms with Crippen molar-refractivity contribution in [1.29, 1.82) is 0 Å². The van der Waals surface area contributed by atoms with E-state index in [1.807, 2.05) is 0 Å². The van der Waals surface area contributed by atoms with Crippen molar-refractivity contribution in [2.24, 2.45) is 0 Å². The third-order valence-corrected chi connectivity index (χ3v) is 2.54. The Bertz CT molecular complexity index is 610. The van der Waals surface area contributed by atoms with E-state index in [1.165, 1.54) is 19.3 Å². The van der Waals surface area contributed by atoms with Crippen LogP contribution in [0.5, 0.6) is 0 Å². The highest BCUT2D eigenvalue weighted by Gasteiger charge is 2.11. The molecule has 2 amide bonds. The highest BCUT2D eigenvalue weighted by atomic mass is 35.5. The zero-order chi connectivity index (χ0) is 13.8. The minimum absolute atomic E-state index is 0.249. The Morgan fingerprint density at radius 2 is 2.05 bits per heavy atom. The van der Waals surface area contributed by atoms with Gasteiger partial charge in [-0.25, -0.2) is 0 Å². The fourth-order valence-corrected chi connectivity index (χ4v) is 1.66. The third kappa shape index (κ3) is 3.32. The molecule has 7 heteroatoms. The van der Waals surface area contributed by atoms with Crippen LogP contribution in [0, 0.1) is 0 Å². The minimum Gasteiger partial charge on any atom is -0.324 e. The van der Waals surface area contributed by atoms with Gasteiger partial charge in [0.25, 0.3) is 5.91 Å². The number of nitrogens with one attached hydrogen (secondary N) is 3. The van der Waals surface area contributed by atoms with E-state index < -0.39 is 0 Å². The molecule has 0 aliphatic heterocycles. The number of hydrogen-bond acceptors (Lipinski definition) is 3. The lowest BCUT2D eigenvalue weighted by atomic mass is 10.2. The van der Waals surface area contributed by atoms with Crippen LogP contribution in [-0.4, -0.2) is 22.0 Å². The first-order chi connectivity index (χ1) is 9.06. The summed E-state index contributed by atoms with van der Waals surface area (Å²) < 4.78 is 0. The largest absolute Gasteiger partial charge is 0.324 e. The van der Waals surface area contributed by atoms with Gasteiger partial charge in [-0.05, 0) is 18.2 Å². The Balaban J connectivity index is 2.24. The Morgan fingerprint density at radius 3 is 2.68 bits per heavy atom. The summed E-state index contributed by atoms with van der Waals surface area (Å²) in [5.74, 6) is -0.580. The number of halogens is 1. The van der Waals surface area contributed by atoms with E-state index in [4.69, 9.17) is 11.6 Å². The molecular weight excluding hydrogens is 268 g/mol. The fourth-order valence-electron chi connectivity index (χ4n) is 1.49. The topological polar surface area (TPSA) is 86.9 Å². The normalized spacial score (nSPS) is 10.0. The van der Waals surface area contributed by atoms with Gasteiger partial charge in [-0.1, -0.05) is 11.6 Å². The molecule has 6 nitrogen and oxygen atoms in total. The van der Waals surface area contributed by atoms with E-state index in [0.29, 0.717) is 22.0 Å². The van der Waals surface area contributed by atoms with Crippen LogP contribution < -0.4 is 10.6 Å². The number of carbonyl (C=O) groups excluding carboxylic acids is 2. The van der Waals surface area contributed by atoms with Gasteiger partial charge in [-0.15, -0.1) is 0 Å². The van der Waals surface area contributed by atoms with Crippen LogP contribution in [0.15, 0.2) is 30.6 Å². The predicted molar refractivity (Wildman–Crippen MR) is 72.3 cm³/mol. The summed E-state index contributed by atoms with van der Waals surface area (Å²) >= 11 is 5.86. The van der Waals surface area contributed by atoms with Gasteiger partial charge in [0.1, 0.15) is 0 Å². The first kappa shape index (κ1) is 13.1. The molecule has 1 aromatic carbocycles. The zero-order valence-corrected chi connectivity index (χ0v) is 10.8. The standard InChI is InChI=1S/C12H11ClN4O2/c1-7(18)16-11-4-9(13)2-3-10(11)17-12(19)8-5-14-15-6-8/h2-6H,1H3,(H,14,15)(H,16,18)(H,17,19). The van der Waals surface area contributed by atoms with Gasteiger partial charge < -0.3 is 10.6 Å². The summed E-state index contributed by atoms with van der Waals surface area (Å²) in [7, 11) is 0. The Morgan fingerprint density at radius 1 is 1.26 bits per heavy atom. The van der Waals surface area contributed by atoms with Crippen molar-refractivity contribution in [2.45, 2.75) is 6.92 Å². The minimum atomic E-state index is -0.331. The second-order valence-electron chi connectivity index (χ2n) is 3.81. The first-order valence-electron chi connectivity index (χ1n) is 5.43. The van der Waals surface area contributed by atoms with Crippen LogP contribution >= 0.6 is 11.6 Å². The molecule has 0 saturated heterocycles. The predicted octanol–water partition coefficient (Wildman–Crippen LogP) is 2.27. The molecule has 3 N–H and O–H groups in total. The molecule has 1 aromatic heterocycles. The highest BCUT2D eigenvalue weighted by molar-refractivity contribution is 6.31. The molecule has 0 spiro atoms. The Kier molecular flexibility index (Phi) is 3.82. The van der Waals surface area contributed by atoms with Crippen LogP contribution in [0.25, 0.3) is 0 Å². The van der Waals surface area contributed by atoms with E-state index in [1.54, 1.807) is 18.2 Å². The molecule has 98 valence electrons. The number of rotatable bonds is 3. The first-order valence-corrected chi connectivity index (χ1v) is 5.81. The van der Waals surface area contributed by atoms with Gasteiger partial charge in [0.2, 0.25) is 5.91 Å². The number of amides is 2. The summed E-state index contributed by atoms with van der Waals surface area (Å²) in [5, 5.41) is 12.0. The van der Waals surface area contributed by atoms with Crippen molar-refractivity contribution >= 4 is 34.8 Å². The quantitative estimate of drug-likeness (QED) is 0.805. The summed E-state index contributed by atoms with van der Waals surface area (Å²) in [6.07, 6.45) is 2.88. The van der Waals surface area contributed by atoms with Gasteiger partial charge in [-0.3, -0.25) is 14.7 Å². The van der Waals surface area contributed by atoms with Gasteiger partial charge >= 0.3 is 0 Å². The molecule has 0 bridgehead atoms. The molecule has 0 fully saturated rings. The molecule has 0 radical (unpaired) electrons. The van der Waals surface area contributed by atoms with Gasteiger partial charge in [0, 0.05) is 18.1 Å². The monoisotopic (exact) mass is 278 g/mol. The maximum absolute atomic E-state index is 11.9. The van der Waals surface area contributed by atoms with E-state index in [2.05, 4.69) is 20.8 Å². The van der Waals surface area contributed by atoms with E-state index in [9.17, 15) is 9.59 Å². The third-order valence-electron chi connectivity index (χ3n) is 2.30. The maximum Gasteiger partial charge on any atom is 0.258 e. The Labute approximate surface area is 114 Å². The fraction of sp³-hybridized carbons (Fsp3) is 0.0833. The molecule has 0 saturated carbocycles. The second kappa shape index (κ2) is 5.53. The smallest absolute Gasteiger partial charge is 0.258 e. The average molecular weight is 279 g/mol. The summed E-state index contributed by atoms with van der Waals surface area (Å²) in [6.45, 7) is 1.38. The zero-order valence-electron chi connectivity index (χ0n) is 10.0. The Hall–Kier alpha value is -2.34. The van der Waals surface area contributed by atoms with Crippen LogP contribution in [0.2, 0.25) is 5.02 Å². The van der Waals surface area contributed by atoms with Gasteiger partial charge in [0.15, 0.2) is 0 Å². The number of H-pyrrole nitrogens is 1. The number of aromatic amines is 1. The molecular formula is C12H11ClN4O2. The summed E-state index contributed by atoms with van der Waals surface area (Å²) in [5.41, 5.74) is 1.30. The number of anilines is 2. The molecule has 1 heterocycles. The summed E-state index contributed by atoms with van der Waals surface area (Å²) in [4.78, 5) is 23.0. The lowest BCUT2D eigenvalue weighted by molar-refractivity contribution is -0.114. The average Bonchev–Trinajstić information content (AvgIpc) is 2.85. The lowest BCUT2D eigenvalue weighted by Gasteiger charge is -2.11. The number of nitrogens with zero attached hydrogens (tertiary/aromatic N) is 1. The summed E-state index contributed by atoms with van der Waals surface area (Å²) in [6, 6.07) is 4.80. The number of aromatic nitrogens is 2. The number of hydrogen-bond donors (Lipinski definition) is 3. The lowest BCUT2D eigenvalue weighted by Crippen LogP contribution is -2.14. The van der Waals surface area contributed by atoms with Crippen LogP contribution in [-0.2, 0) is 4.79 Å². The second-order valence-corrected chi connectivity index (χ2v) is 4.25. The number of benzene rings is 1. The van der Waals surface area contributed by atoms with Crippen molar-refractivity contribution in [2.75, 3.05) is 10.6 Å². The number of carbonyl (C=O) groups is 2. The van der Waals surface area contributed by atoms with Gasteiger partial charge in [-0.2, -0.15) is 5.10 Å². The molecule has 19 heavy (non-hydrogen) atoms. The SMILES string of the molecule is CC(=O)Nc1cc(Cl)ccc1NC(=O)c1cn[nH]c1. The molecule has 0 aliphatic rings. The molecule has 2 aromatic rings. The van der Waals surface area contributed by atoms with Crippen LogP contribution in [0.4, 0.5) is 11.4 Å². The van der Waals surface area contributed by atoms with E-state index >= 15 is 0 Å². The van der Waals surface area contributed by atoms with Crippen molar-refractivity contribution in [3.05, 3.63) is 41.2 Å². The van der Waals surface area contributed by atoms with E-state index in [0.717, 1.165) is 0 Å². The molecule has 0 aliphatic carbocycles. The van der Waals surface area contributed by atoms with Crippen molar-refractivity contribution in [1.82, 2.24) is 10.2 Å². The molecule has 2 rings (SSSR count). The van der Waals surface area contributed by atoms with Crippen molar-refractivity contribution < 1.29 is 9.59 Å². The van der Waals surface area contributed by atoms with Crippen molar-refractivity contribution in [3.8, 4) is 0 Å². The van der Waals surface area contributed by atoms with E-state index in [-0.39, 0.29) is 11.8 Å². The van der Waals surface area contributed by atoms with Crippen LogP contribution in [0.3, 0.4) is 0 Å². The molecule has 0 atom stereocenters. The van der Waals surface area contributed by atoms with Gasteiger partial charge in [0.05, 0.1) is 23.1 Å². The van der Waals surface area contributed by atoms with Crippen molar-refractivity contribution in [3.63, 3.8) is 0 Å². The maximum atomic E-state index is 11.9. The molecule has 0 unspecified atom stereocenters.